The highest BCUT2D eigenvalue weighted by Crippen LogP contribution is 2.18. The van der Waals surface area contributed by atoms with Crippen molar-refractivity contribution < 1.29 is 0 Å². The fourth-order valence-electron chi connectivity index (χ4n) is 14.0. The highest BCUT2D eigenvalue weighted by atomic mass is 15.3. The molecule has 20 unspecified atom stereocenters. The van der Waals surface area contributed by atoms with Crippen molar-refractivity contribution in [1.82, 2.24) is 76.8 Å². The molecule has 7 aliphatic rings. The molecule has 0 aromatic heterocycles. The van der Waals surface area contributed by atoms with Gasteiger partial charge in [0.05, 0.1) is 0 Å². The molecule has 21 nitrogen and oxygen atoms in total. The van der Waals surface area contributed by atoms with Crippen molar-refractivity contribution in [2.24, 2.45) is 34.4 Å². The Kier molecular flexibility index (Phi) is 45.7. The van der Waals surface area contributed by atoms with Crippen molar-refractivity contribution in [2.45, 2.75) is 304 Å². The van der Waals surface area contributed by atoms with E-state index in [-0.39, 0.29) is 17.6 Å². The first kappa shape index (κ1) is 87.2. The molecule has 0 saturated carbocycles. The van der Waals surface area contributed by atoms with Crippen LogP contribution in [0.25, 0.3) is 0 Å². The van der Waals surface area contributed by atoms with E-state index in [1.807, 2.05) is 7.05 Å². The normalized spacial score (nSPS) is 33.3. The van der Waals surface area contributed by atoms with E-state index in [1.165, 1.54) is 13.0 Å². The van der Waals surface area contributed by atoms with E-state index in [9.17, 15) is 0 Å². The summed E-state index contributed by atoms with van der Waals surface area (Å²) in [5, 5.41) is 27.2. The third-order valence-corrected chi connectivity index (χ3v) is 19.8. The van der Waals surface area contributed by atoms with Gasteiger partial charge in [-0.15, -0.1) is 0 Å². The third kappa shape index (κ3) is 34.9. The lowest BCUT2D eigenvalue weighted by Gasteiger charge is -2.44. The molecular formula is C69H159N21. The number of hydrogen-bond acceptors (Lipinski definition) is 21. The summed E-state index contributed by atoms with van der Waals surface area (Å²) < 4.78 is 0. The molecule has 540 valence electrons. The first-order valence-corrected chi connectivity index (χ1v) is 36.7. The molecule has 7 fully saturated rings. The summed E-state index contributed by atoms with van der Waals surface area (Å²) >= 11 is 0. The highest BCUT2D eigenvalue weighted by Gasteiger charge is 2.32. The number of nitrogens with zero attached hydrogens (tertiary/aromatic N) is 7. The quantitative estimate of drug-likeness (QED) is 0.0884. The molecule has 7 rings (SSSR count). The zero-order chi connectivity index (χ0) is 68.4. The first-order chi connectivity index (χ1) is 42.2. The van der Waals surface area contributed by atoms with Crippen molar-refractivity contribution >= 4 is 0 Å². The van der Waals surface area contributed by atoms with E-state index < -0.39 is 0 Å². The second-order valence-corrected chi connectivity index (χ2v) is 30.3. The SMILES string of the molecule is CC(N)C(C)N1C(C)CNCC1C.CC(N)CCN1C(C)CNCC1C.CC(N)CN1C(C)CNCC1C.CC1CNCC(C)N1CC(C)(C)N.CCC(N)CN1C(C)CNCC1C.CCCC(N)CN1C(C)CNCC1C.CNCCN1C(C)CNCC1C. The molecule has 0 bridgehead atoms. The van der Waals surface area contributed by atoms with Gasteiger partial charge in [0, 0.05) is 264 Å². The van der Waals surface area contributed by atoms with Crippen LogP contribution in [0.5, 0.6) is 0 Å². The van der Waals surface area contributed by atoms with Gasteiger partial charge in [0.2, 0.25) is 0 Å². The Morgan fingerprint density at radius 2 is 0.678 bits per heavy atom. The van der Waals surface area contributed by atoms with E-state index in [4.69, 9.17) is 34.4 Å². The summed E-state index contributed by atoms with van der Waals surface area (Å²) in [6.45, 7) is 71.7. The minimum absolute atomic E-state index is 0.0835. The van der Waals surface area contributed by atoms with Crippen molar-refractivity contribution in [1.29, 1.82) is 0 Å². The van der Waals surface area contributed by atoms with Crippen molar-refractivity contribution in [3.63, 3.8) is 0 Å². The predicted molar refractivity (Wildman–Crippen MR) is 393 cm³/mol. The fourth-order valence-corrected chi connectivity index (χ4v) is 14.0. The average molecular weight is 1280 g/mol. The Morgan fingerprint density at radius 1 is 0.389 bits per heavy atom. The summed E-state index contributed by atoms with van der Waals surface area (Å²) in [5.41, 5.74) is 35.5. The van der Waals surface area contributed by atoms with Crippen LogP contribution in [0.2, 0.25) is 0 Å². The van der Waals surface area contributed by atoms with Crippen LogP contribution in [-0.4, -0.2) is 305 Å². The monoisotopic (exact) mass is 1280 g/mol. The van der Waals surface area contributed by atoms with Crippen molar-refractivity contribution in [3.05, 3.63) is 0 Å². The molecule has 0 aromatic rings. The van der Waals surface area contributed by atoms with Crippen LogP contribution < -0.4 is 76.9 Å². The minimum atomic E-state index is -0.0835. The van der Waals surface area contributed by atoms with Gasteiger partial charge in [0.25, 0.3) is 0 Å². The number of nitrogens with one attached hydrogen (secondary N) is 8. The van der Waals surface area contributed by atoms with Gasteiger partial charge in [0.15, 0.2) is 0 Å². The summed E-state index contributed by atoms with van der Waals surface area (Å²) in [4.78, 5) is 17.7. The van der Waals surface area contributed by atoms with E-state index in [0.29, 0.717) is 109 Å². The lowest BCUT2D eigenvalue weighted by Crippen LogP contribution is -2.61. The molecule has 7 heterocycles. The van der Waals surface area contributed by atoms with Crippen LogP contribution >= 0.6 is 0 Å². The van der Waals surface area contributed by atoms with Gasteiger partial charge in [-0.3, -0.25) is 34.3 Å². The van der Waals surface area contributed by atoms with E-state index in [0.717, 1.165) is 150 Å². The van der Waals surface area contributed by atoms with Gasteiger partial charge in [-0.1, -0.05) is 20.3 Å². The van der Waals surface area contributed by atoms with Crippen LogP contribution in [-0.2, 0) is 0 Å². The molecule has 7 saturated heterocycles. The highest BCUT2D eigenvalue weighted by molar-refractivity contribution is 4.92. The molecule has 0 aliphatic carbocycles. The Hall–Kier alpha value is -0.840. The van der Waals surface area contributed by atoms with Crippen molar-refractivity contribution in [3.8, 4) is 0 Å². The lowest BCUT2D eigenvalue weighted by atomic mass is 10.0. The van der Waals surface area contributed by atoms with Gasteiger partial charge >= 0.3 is 0 Å². The third-order valence-electron chi connectivity index (χ3n) is 19.8. The summed E-state index contributed by atoms with van der Waals surface area (Å²) in [6.07, 6.45) is 4.51. The van der Waals surface area contributed by atoms with E-state index in [1.54, 1.807) is 0 Å². The molecule has 0 radical (unpaired) electrons. The number of hydrogen-bond donors (Lipinski definition) is 14. The van der Waals surface area contributed by atoms with Gasteiger partial charge in [0.1, 0.15) is 0 Å². The predicted octanol–water partition coefficient (Wildman–Crippen LogP) is 2.32. The van der Waals surface area contributed by atoms with Crippen molar-refractivity contribution in [2.75, 3.05) is 144 Å². The molecule has 0 amide bonds. The molecule has 0 aromatic carbocycles. The number of piperazine rings is 7. The smallest absolute Gasteiger partial charge is 0.0226 e. The zero-order valence-electron chi connectivity index (χ0n) is 63.3. The van der Waals surface area contributed by atoms with Gasteiger partial charge < -0.3 is 76.9 Å². The van der Waals surface area contributed by atoms with Gasteiger partial charge in [-0.25, -0.2) is 0 Å². The average Bonchev–Trinajstić information content (AvgIpc) is 2.36. The lowest BCUT2D eigenvalue weighted by molar-refractivity contribution is 0.0649. The number of likely N-dealkylation sites (N-methyl/N-ethyl adjacent to an activating group) is 1. The maximum absolute atomic E-state index is 6.08. The maximum atomic E-state index is 6.08. The molecular weight excluding hydrogens is 1120 g/mol. The summed E-state index contributed by atoms with van der Waals surface area (Å²) in [5.74, 6) is 0. The topological polar surface area (TPSA) is 275 Å². The molecule has 20 atom stereocenters. The van der Waals surface area contributed by atoms with Crippen LogP contribution in [0.4, 0.5) is 0 Å². The maximum Gasteiger partial charge on any atom is 0.0226 e. The van der Waals surface area contributed by atoms with Crippen LogP contribution in [0, 0.1) is 0 Å². The first-order valence-electron chi connectivity index (χ1n) is 36.7. The number of nitrogens with two attached hydrogens (primary N) is 6. The molecule has 20 N–H and O–H groups in total. The molecule has 0 spiro atoms. The Morgan fingerprint density at radius 3 is 0.956 bits per heavy atom. The number of rotatable bonds is 19. The Balaban J connectivity index is 0.000000525. The van der Waals surface area contributed by atoms with Gasteiger partial charge in [-0.2, -0.15) is 0 Å². The second-order valence-electron chi connectivity index (χ2n) is 30.3. The molecule has 21 heteroatoms. The van der Waals surface area contributed by atoms with Crippen LogP contribution in [0.1, 0.15) is 178 Å². The second kappa shape index (κ2) is 47.2. The molecule has 90 heavy (non-hydrogen) atoms. The van der Waals surface area contributed by atoms with Gasteiger partial charge in [-0.05, 0) is 165 Å². The van der Waals surface area contributed by atoms with E-state index in [2.05, 4.69) is 229 Å². The van der Waals surface area contributed by atoms with Crippen LogP contribution in [0.3, 0.4) is 0 Å². The van der Waals surface area contributed by atoms with Crippen LogP contribution in [0.15, 0.2) is 0 Å². The Bertz CT molecular complexity index is 1640. The Labute approximate surface area is 557 Å². The zero-order valence-corrected chi connectivity index (χ0v) is 63.3. The standard InChI is InChI=1S/C11H25N3.4C10H23N3.2C9H21N3/c1-4-5-11(12)8-14-9(2)6-13-7-10(14)3;1-8-5-12-6-9(2)13(8)7-10(3,4)11;1-7-5-12-6-8(2)13(7)10(4)9(3)11;1-8(11)4-5-13-9(2)6-12-7-10(13)3;1-4-10(11)7-13-8(2)5-12-6-9(13)3;1-7(10)6-12-8(2)4-11-5-9(12)3;1-8-6-11-7-9(2)12(8)5-4-10-3/h9-11,13H,4-8,12H2,1-3H3;8-9,12H,5-7,11H2,1-4H3;7-10,12H,5-6,11H2,1-4H3;2*8-10,12H,4-7,11H2,1-3H3;7-9,11H,4-6,10H2,1-3H3;8-11H,4-7H2,1-3H3. The minimum Gasteiger partial charge on any atom is -0.328 e. The fraction of sp³-hybridized carbons (Fsp3) is 1.00. The summed E-state index contributed by atoms with van der Waals surface area (Å²) in [6, 6.07) is 10.9. The summed E-state index contributed by atoms with van der Waals surface area (Å²) in [7, 11) is 2.01. The molecule has 7 aliphatic heterocycles. The largest absolute Gasteiger partial charge is 0.328 e. The van der Waals surface area contributed by atoms with E-state index >= 15 is 0 Å².